The van der Waals surface area contributed by atoms with Crippen LogP contribution in [-0.2, 0) is 9.53 Å². The highest BCUT2D eigenvalue weighted by molar-refractivity contribution is 5.72. The average molecular weight is 226 g/mol. The molecule has 0 spiro atoms. The number of unbranched alkanes of at least 4 members (excludes halogenated alkanes) is 1. The Morgan fingerprint density at radius 2 is 1.94 bits per heavy atom. The minimum atomic E-state index is 0.0582. The molecule has 0 aromatic carbocycles. The number of carbonyl (C=O) groups excluding carboxylic acids is 1. The first-order valence-corrected chi connectivity index (χ1v) is 6.98. The van der Waals surface area contributed by atoms with Gasteiger partial charge in [-0.05, 0) is 38.5 Å². The fraction of sp³-hybridized carbons (Fsp3) is 0.929. The van der Waals surface area contributed by atoms with Gasteiger partial charge in [-0.3, -0.25) is 4.79 Å². The summed E-state index contributed by atoms with van der Waals surface area (Å²) < 4.78 is 5.60. The molecule has 0 N–H and O–H groups in total. The molecule has 1 rings (SSSR count). The Hall–Kier alpha value is -0.530. The van der Waals surface area contributed by atoms with Gasteiger partial charge in [0.05, 0.1) is 5.92 Å². The molecule has 1 atom stereocenters. The zero-order valence-electron chi connectivity index (χ0n) is 10.8. The average Bonchev–Trinajstić information content (AvgIpc) is 2.31. The SMILES string of the molecule is CCCCC(CC)C(=O)OC1CCCCC1. The lowest BCUT2D eigenvalue weighted by atomic mass is 9.96. The van der Waals surface area contributed by atoms with Gasteiger partial charge in [0, 0.05) is 0 Å². The number of esters is 1. The quantitative estimate of drug-likeness (QED) is 0.638. The van der Waals surface area contributed by atoms with Gasteiger partial charge in [0.25, 0.3) is 0 Å². The fourth-order valence-electron chi connectivity index (χ4n) is 2.38. The summed E-state index contributed by atoms with van der Waals surface area (Å²) in [6.45, 7) is 4.25. The fourth-order valence-corrected chi connectivity index (χ4v) is 2.38. The second kappa shape index (κ2) is 7.70. The molecule has 0 heterocycles. The molecular weight excluding hydrogens is 200 g/mol. The molecular formula is C14H26O2. The van der Waals surface area contributed by atoms with Crippen LogP contribution in [0.4, 0.5) is 0 Å². The van der Waals surface area contributed by atoms with E-state index in [1.54, 1.807) is 0 Å². The van der Waals surface area contributed by atoms with E-state index in [-0.39, 0.29) is 18.0 Å². The normalized spacial score (nSPS) is 19.4. The molecule has 0 aromatic rings. The van der Waals surface area contributed by atoms with E-state index < -0.39 is 0 Å². The second-order valence-corrected chi connectivity index (χ2v) is 4.94. The Labute approximate surface area is 99.8 Å². The molecule has 0 bridgehead atoms. The smallest absolute Gasteiger partial charge is 0.309 e. The summed E-state index contributed by atoms with van der Waals surface area (Å²) in [5, 5.41) is 0. The van der Waals surface area contributed by atoms with Crippen molar-refractivity contribution in [2.24, 2.45) is 5.92 Å². The van der Waals surface area contributed by atoms with Gasteiger partial charge in [-0.1, -0.05) is 33.1 Å². The molecule has 1 aliphatic carbocycles. The van der Waals surface area contributed by atoms with E-state index in [0.717, 1.165) is 38.5 Å². The van der Waals surface area contributed by atoms with Crippen molar-refractivity contribution in [1.29, 1.82) is 0 Å². The number of hydrogen-bond donors (Lipinski definition) is 0. The molecule has 1 unspecified atom stereocenters. The van der Waals surface area contributed by atoms with E-state index in [0.29, 0.717) is 0 Å². The lowest BCUT2D eigenvalue weighted by Crippen LogP contribution is -2.25. The Morgan fingerprint density at radius 3 is 2.50 bits per heavy atom. The minimum absolute atomic E-state index is 0.0582. The van der Waals surface area contributed by atoms with Crippen LogP contribution in [0.25, 0.3) is 0 Å². The number of carbonyl (C=O) groups is 1. The Balaban J connectivity index is 2.29. The van der Waals surface area contributed by atoms with Crippen molar-refractivity contribution in [3.8, 4) is 0 Å². The van der Waals surface area contributed by atoms with Crippen LogP contribution in [0.2, 0.25) is 0 Å². The second-order valence-electron chi connectivity index (χ2n) is 4.94. The summed E-state index contributed by atoms with van der Waals surface area (Å²) in [7, 11) is 0. The van der Waals surface area contributed by atoms with Crippen molar-refractivity contribution in [1.82, 2.24) is 0 Å². The van der Waals surface area contributed by atoms with Crippen LogP contribution < -0.4 is 0 Å². The highest BCUT2D eigenvalue weighted by Gasteiger charge is 2.22. The van der Waals surface area contributed by atoms with Gasteiger partial charge in [0.15, 0.2) is 0 Å². The van der Waals surface area contributed by atoms with Gasteiger partial charge in [-0.25, -0.2) is 0 Å². The Kier molecular flexibility index (Phi) is 6.51. The van der Waals surface area contributed by atoms with E-state index in [9.17, 15) is 4.79 Å². The van der Waals surface area contributed by atoms with Gasteiger partial charge < -0.3 is 4.74 Å². The highest BCUT2D eigenvalue weighted by atomic mass is 16.5. The van der Waals surface area contributed by atoms with Crippen LogP contribution in [0, 0.1) is 5.92 Å². The molecule has 0 aromatic heterocycles. The first-order chi connectivity index (χ1) is 7.77. The minimum Gasteiger partial charge on any atom is -0.462 e. The summed E-state index contributed by atoms with van der Waals surface area (Å²) in [6, 6.07) is 0. The molecule has 0 amide bonds. The number of ether oxygens (including phenoxy) is 1. The maximum Gasteiger partial charge on any atom is 0.309 e. The Morgan fingerprint density at radius 1 is 1.25 bits per heavy atom. The molecule has 0 aliphatic heterocycles. The summed E-state index contributed by atoms with van der Waals surface area (Å²) >= 11 is 0. The van der Waals surface area contributed by atoms with Crippen LogP contribution in [-0.4, -0.2) is 12.1 Å². The van der Waals surface area contributed by atoms with E-state index in [1.165, 1.54) is 19.3 Å². The third-order valence-electron chi connectivity index (χ3n) is 3.57. The summed E-state index contributed by atoms with van der Waals surface area (Å²) in [5.74, 6) is 0.199. The topological polar surface area (TPSA) is 26.3 Å². The van der Waals surface area contributed by atoms with E-state index in [2.05, 4.69) is 13.8 Å². The lowest BCUT2D eigenvalue weighted by molar-refractivity contribution is -0.156. The van der Waals surface area contributed by atoms with Crippen molar-refractivity contribution < 1.29 is 9.53 Å². The highest BCUT2D eigenvalue weighted by Crippen LogP contribution is 2.23. The zero-order valence-corrected chi connectivity index (χ0v) is 10.8. The first-order valence-electron chi connectivity index (χ1n) is 6.98. The van der Waals surface area contributed by atoms with E-state index in [4.69, 9.17) is 4.74 Å². The first kappa shape index (κ1) is 13.5. The predicted octanol–water partition coefficient (Wildman–Crippen LogP) is 4.08. The van der Waals surface area contributed by atoms with Crippen LogP contribution in [0.1, 0.15) is 71.6 Å². The molecule has 16 heavy (non-hydrogen) atoms. The monoisotopic (exact) mass is 226 g/mol. The largest absolute Gasteiger partial charge is 0.462 e. The van der Waals surface area contributed by atoms with E-state index >= 15 is 0 Å². The summed E-state index contributed by atoms with van der Waals surface area (Å²) in [4.78, 5) is 11.9. The third kappa shape index (κ3) is 4.54. The zero-order chi connectivity index (χ0) is 11.8. The lowest BCUT2D eigenvalue weighted by Gasteiger charge is -2.24. The van der Waals surface area contributed by atoms with Gasteiger partial charge >= 0.3 is 5.97 Å². The van der Waals surface area contributed by atoms with Gasteiger partial charge in [-0.2, -0.15) is 0 Å². The van der Waals surface area contributed by atoms with Crippen LogP contribution in [0.15, 0.2) is 0 Å². The van der Waals surface area contributed by atoms with Crippen molar-refractivity contribution in [2.45, 2.75) is 77.7 Å². The number of rotatable bonds is 6. The molecule has 1 saturated carbocycles. The third-order valence-corrected chi connectivity index (χ3v) is 3.57. The molecule has 94 valence electrons. The standard InChI is InChI=1S/C14H26O2/c1-3-5-9-12(4-2)14(15)16-13-10-7-6-8-11-13/h12-13H,3-11H2,1-2H3. The van der Waals surface area contributed by atoms with Crippen LogP contribution >= 0.6 is 0 Å². The maximum atomic E-state index is 11.9. The van der Waals surface area contributed by atoms with Gasteiger partial charge in [0.2, 0.25) is 0 Å². The Bertz CT molecular complexity index is 195. The molecule has 0 saturated heterocycles. The molecule has 2 heteroatoms. The summed E-state index contributed by atoms with van der Waals surface area (Å²) in [5.41, 5.74) is 0. The maximum absolute atomic E-state index is 11.9. The van der Waals surface area contributed by atoms with Crippen molar-refractivity contribution >= 4 is 5.97 Å². The van der Waals surface area contributed by atoms with Crippen molar-refractivity contribution in [3.63, 3.8) is 0 Å². The molecule has 0 radical (unpaired) electrons. The van der Waals surface area contributed by atoms with Crippen LogP contribution in [0.5, 0.6) is 0 Å². The van der Waals surface area contributed by atoms with Crippen LogP contribution in [0.3, 0.4) is 0 Å². The number of hydrogen-bond acceptors (Lipinski definition) is 2. The van der Waals surface area contributed by atoms with E-state index in [1.807, 2.05) is 0 Å². The molecule has 1 aliphatic rings. The summed E-state index contributed by atoms with van der Waals surface area (Å²) in [6.07, 6.45) is 10.4. The van der Waals surface area contributed by atoms with Gasteiger partial charge in [0.1, 0.15) is 6.10 Å². The molecule has 1 fully saturated rings. The molecule has 2 nitrogen and oxygen atoms in total. The van der Waals surface area contributed by atoms with Crippen molar-refractivity contribution in [2.75, 3.05) is 0 Å². The van der Waals surface area contributed by atoms with Crippen molar-refractivity contribution in [3.05, 3.63) is 0 Å². The predicted molar refractivity (Wildman–Crippen MR) is 66.3 cm³/mol. The van der Waals surface area contributed by atoms with Gasteiger partial charge in [-0.15, -0.1) is 0 Å².